The molecule has 0 aromatic carbocycles. The van der Waals surface area contributed by atoms with Crippen LogP contribution in [0.1, 0.15) is 25.3 Å². The van der Waals surface area contributed by atoms with Gasteiger partial charge in [0.1, 0.15) is 11.3 Å². The number of H-pyrrole nitrogens is 1. The number of amides is 1. The van der Waals surface area contributed by atoms with Gasteiger partial charge in [-0.15, -0.1) is 0 Å². The lowest BCUT2D eigenvalue weighted by Crippen LogP contribution is -2.32. The van der Waals surface area contributed by atoms with Crippen molar-refractivity contribution in [3.8, 4) is 0 Å². The number of nitrogens with one attached hydrogen (secondary N) is 2. The maximum atomic E-state index is 11.8. The van der Waals surface area contributed by atoms with E-state index in [0.29, 0.717) is 13.1 Å². The van der Waals surface area contributed by atoms with Crippen LogP contribution in [0, 0.1) is 0 Å². The summed E-state index contributed by atoms with van der Waals surface area (Å²) in [5.41, 5.74) is 3.70. The van der Waals surface area contributed by atoms with Gasteiger partial charge in [0.25, 0.3) is 0 Å². The first-order valence-electron chi connectivity index (χ1n) is 9.54. The molecular formula is C20H27N7O. The van der Waals surface area contributed by atoms with E-state index in [4.69, 9.17) is 4.98 Å². The lowest BCUT2D eigenvalue weighted by atomic mass is 10.1. The Labute approximate surface area is 165 Å². The van der Waals surface area contributed by atoms with Crippen molar-refractivity contribution in [2.24, 2.45) is 4.99 Å². The van der Waals surface area contributed by atoms with Gasteiger partial charge in [-0.25, -0.2) is 15.0 Å². The number of carbonyl (C=O) groups is 1. The lowest BCUT2D eigenvalue weighted by molar-refractivity contribution is -0.126. The van der Waals surface area contributed by atoms with Gasteiger partial charge in [0.05, 0.1) is 12.5 Å². The Morgan fingerprint density at radius 2 is 2.32 bits per heavy atom. The quantitative estimate of drug-likeness (QED) is 0.515. The number of rotatable bonds is 9. The molecule has 3 heterocycles. The van der Waals surface area contributed by atoms with Gasteiger partial charge < -0.3 is 20.1 Å². The number of nitrogens with zero attached hydrogens (tertiary/aromatic N) is 5. The molecule has 2 aromatic heterocycles. The molecule has 0 saturated carbocycles. The molecule has 2 aromatic rings. The summed E-state index contributed by atoms with van der Waals surface area (Å²) < 4.78 is 0. The number of fused-ring (bicyclic) bond motifs is 1. The molecule has 148 valence electrons. The second-order valence-electron chi connectivity index (χ2n) is 6.80. The van der Waals surface area contributed by atoms with Gasteiger partial charge in [-0.2, -0.15) is 0 Å². The van der Waals surface area contributed by atoms with Crippen molar-refractivity contribution in [1.29, 1.82) is 0 Å². The Morgan fingerprint density at radius 3 is 3.07 bits per heavy atom. The van der Waals surface area contributed by atoms with Crippen molar-refractivity contribution in [3.63, 3.8) is 0 Å². The maximum absolute atomic E-state index is 11.8. The molecule has 0 atom stereocenters. The fourth-order valence-electron chi connectivity index (χ4n) is 3.18. The minimum absolute atomic E-state index is 0.0200. The molecule has 28 heavy (non-hydrogen) atoms. The van der Waals surface area contributed by atoms with Crippen LogP contribution in [0.3, 0.4) is 0 Å². The topological polar surface area (TPSA) is 89.5 Å². The molecule has 0 unspecified atom stereocenters. The van der Waals surface area contributed by atoms with Gasteiger partial charge in [-0.05, 0) is 18.9 Å². The van der Waals surface area contributed by atoms with E-state index in [1.54, 1.807) is 12.5 Å². The molecule has 1 aliphatic heterocycles. The zero-order valence-corrected chi connectivity index (χ0v) is 16.5. The molecular weight excluding hydrogens is 354 g/mol. The third-order valence-electron chi connectivity index (χ3n) is 4.53. The molecule has 0 spiro atoms. The fraction of sp³-hybridized carbons (Fsp3) is 0.400. The summed E-state index contributed by atoms with van der Waals surface area (Å²) in [4.78, 5) is 32.3. The first-order chi connectivity index (χ1) is 13.6. The van der Waals surface area contributed by atoms with E-state index in [-0.39, 0.29) is 5.91 Å². The summed E-state index contributed by atoms with van der Waals surface area (Å²) >= 11 is 0. The Morgan fingerprint density at radius 1 is 1.46 bits per heavy atom. The van der Waals surface area contributed by atoms with Gasteiger partial charge in [0.2, 0.25) is 5.91 Å². The molecule has 0 saturated heterocycles. The van der Waals surface area contributed by atoms with Crippen LogP contribution < -0.4 is 5.32 Å². The highest BCUT2D eigenvalue weighted by Gasteiger charge is 2.15. The first kappa shape index (κ1) is 19.6. The van der Waals surface area contributed by atoms with Crippen molar-refractivity contribution in [2.75, 3.05) is 38.5 Å². The third-order valence-corrected chi connectivity index (χ3v) is 4.53. The fourth-order valence-corrected chi connectivity index (χ4v) is 3.18. The number of hydrogen-bond acceptors (Lipinski definition) is 6. The Kier molecular flexibility index (Phi) is 6.41. The van der Waals surface area contributed by atoms with Crippen LogP contribution in [0.15, 0.2) is 36.2 Å². The van der Waals surface area contributed by atoms with Gasteiger partial charge in [0, 0.05) is 56.8 Å². The Balaban J connectivity index is 1.63. The molecule has 8 nitrogen and oxygen atoms in total. The number of aliphatic imine (C=N–C) groups is 1. The zero-order chi connectivity index (χ0) is 19.9. The molecule has 1 aliphatic rings. The Hall–Kier alpha value is -3.16. The summed E-state index contributed by atoms with van der Waals surface area (Å²) in [6, 6.07) is 0. The molecule has 0 fully saturated rings. The molecule has 0 aliphatic carbocycles. The monoisotopic (exact) mass is 381 g/mol. The van der Waals surface area contributed by atoms with E-state index in [1.165, 1.54) is 6.08 Å². The van der Waals surface area contributed by atoms with Crippen molar-refractivity contribution < 1.29 is 4.79 Å². The van der Waals surface area contributed by atoms with Crippen LogP contribution >= 0.6 is 0 Å². The van der Waals surface area contributed by atoms with Gasteiger partial charge in [-0.3, -0.25) is 4.79 Å². The van der Waals surface area contributed by atoms with Gasteiger partial charge >= 0.3 is 0 Å². The molecule has 0 radical (unpaired) electrons. The Bertz CT molecular complexity index is 899. The molecule has 1 amide bonds. The number of aromatic nitrogens is 3. The van der Waals surface area contributed by atoms with E-state index >= 15 is 0 Å². The predicted molar refractivity (Wildman–Crippen MR) is 113 cm³/mol. The van der Waals surface area contributed by atoms with Crippen LogP contribution in [0.4, 0.5) is 5.82 Å². The van der Waals surface area contributed by atoms with Crippen LogP contribution in [0.5, 0.6) is 0 Å². The summed E-state index contributed by atoms with van der Waals surface area (Å²) in [5, 5.41) is 3.31. The van der Waals surface area contributed by atoms with Gasteiger partial charge in [0.15, 0.2) is 5.65 Å². The van der Waals surface area contributed by atoms with Crippen LogP contribution in [-0.4, -0.2) is 70.2 Å². The number of carbonyl (C=O) groups excluding carboxylic acids is 1. The van der Waals surface area contributed by atoms with Crippen LogP contribution in [-0.2, 0) is 4.79 Å². The molecule has 0 bridgehead atoms. The van der Waals surface area contributed by atoms with Crippen molar-refractivity contribution >= 4 is 34.8 Å². The number of likely N-dealkylation sites (N-methyl/N-ethyl adjacent to an activating group) is 1. The predicted octanol–water partition coefficient (Wildman–Crippen LogP) is 2.50. The largest absolute Gasteiger partial charge is 0.369 e. The van der Waals surface area contributed by atoms with E-state index in [0.717, 1.165) is 54.0 Å². The lowest BCUT2D eigenvalue weighted by Gasteiger charge is -2.20. The second kappa shape index (κ2) is 9.16. The van der Waals surface area contributed by atoms with Gasteiger partial charge in [-0.1, -0.05) is 13.5 Å². The van der Waals surface area contributed by atoms with Crippen LogP contribution in [0.25, 0.3) is 16.7 Å². The highest BCUT2D eigenvalue weighted by Crippen LogP contribution is 2.25. The van der Waals surface area contributed by atoms with E-state index in [2.05, 4.69) is 33.8 Å². The summed E-state index contributed by atoms with van der Waals surface area (Å²) in [7, 11) is 1.99. The maximum Gasteiger partial charge on any atom is 0.245 e. The number of hydrogen-bond donors (Lipinski definition) is 2. The minimum Gasteiger partial charge on any atom is -0.369 e. The van der Waals surface area contributed by atoms with Crippen molar-refractivity contribution in [3.05, 3.63) is 36.8 Å². The summed E-state index contributed by atoms with van der Waals surface area (Å²) in [6.07, 6.45) is 10.4. The number of anilines is 1. The zero-order valence-electron chi connectivity index (χ0n) is 16.5. The molecule has 2 N–H and O–H groups in total. The van der Waals surface area contributed by atoms with Crippen molar-refractivity contribution in [1.82, 2.24) is 24.8 Å². The minimum atomic E-state index is -0.0200. The highest BCUT2D eigenvalue weighted by atomic mass is 16.2. The summed E-state index contributed by atoms with van der Waals surface area (Å²) in [6.45, 7) is 8.55. The normalized spacial score (nSPS) is 13.5. The van der Waals surface area contributed by atoms with Crippen LogP contribution in [0.2, 0.25) is 0 Å². The SMILES string of the molecule is C=CC(=O)N(CCC)CCCNc1cnc2[nH]cc(C3=CN=CN(C)C3)c2n1. The van der Waals surface area contributed by atoms with E-state index < -0.39 is 0 Å². The van der Waals surface area contributed by atoms with Crippen molar-refractivity contribution in [2.45, 2.75) is 19.8 Å². The summed E-state index contributed by atoms with van der Waals surface area (Å²) in [5.74, 6) is 0.701. The average Bonchev–Trinajstić information content (AvgIpc) is 3.13. The number of aromatic amines is 1. The van der Waals surface area contributed by atoms with E-state index in [9.17, 15) is 4.79 Å². The standard InChI is InChI=1S/C20H27N7O/c1-4-8-27(18(28)5-2)9-6-7-22-17-12-24-20-19(25-17)16(11-23-20)15-10-21-14-26(3)13-15/h5,10-12,14H,2,4,6-9,13H2,1,3H3,(H,22,25)(H,23,24). The first-order valence-corrected chi connectivity index (χ1v) is 9.54. The average molecular weight is 381 g/mol. The highest BCUT2D eigenvalue weighted by molar-refractivity contribution is 5.90. The smallest absolute Gasteiger partial charge is 0.245 e. The van der Waals surface area contributed by atoms with E-state index in [1.807, 2.05) is 29.2 Å². The molecule has 3 rings (SSSR count). The third kappa shape index (κ3) is 4.57. The second-order valence-corrected chi connectivity index (χ2v) is 6.80. The molecule has 8 heteroatoms.